The Balaban J connectivity index is 1.78. The molecule has 0 aliphatic rings. The zero-order valence-corrected chi connectivity index (χ0v) is 21.5. The lowest BCUT2D eigenvalue weighted by Gasteiger charge is -2.19. The second kappa shape index (κ2) is 13.7. The van der Waals surface area contributed by atoms with Crippen molar-refractivity contribution in [1.29, 1.82) is 5.26 Å². The quantitative estimate of drug-likeness (QED) is 0.226. The minimum absolute atomic E-state index is 0.0502. The summed E-state index contributed by atoms with van der Waals surface area (Å²) in [5, 5.41) is 10.1. The number of fused-ring (bicyclic) bond motifs is 1. The average Bonchev–Trinajstić information content (AvgIpc) is 3.25. The van der Waals surface area contributed by atoms with Crippen LogP contribution in [0, 0.1) is 11.3 Å². The van der Waals surface area contributed by atoms with Gasteiger partial charge in [-0.15, -0.1) is 0 Å². The van der Waals surface area contributed by atoms with Crippen LogP contribution in [0.4, 0.5) is 0 Å². The van der Waals surface area contributed by atoms with Crippen LogP contribution in [0.1, 0.15) is 92.1 Å². The van der Waals surface area contributed by atoms with Crippen molar-refractivity contribution >= 4 is 22.8 Å². The molecule has 0 unspecified atom stereocenters. The first kappa shape index (κ1) is 26.4. The number of rotatable bonds is 14. The van der Waals surface area contributed by atoms with Crippen LogP contribution in [-0.4, -0.2) is 30.3 Å². The highest BCUT2D eigenvalue weighted by Crippen LogP contribution is 2.30. The lowest BCUT2D eigenvalue weighted by atomic mass is 9.97. The molecule has 0 N–H and O–H groups in total. The molecule has 0 aliphatic heterocycles. The molecule has 184 valence electrons. The topological polar surface area (TPSA) is 57.2 Å². The normalized spacial score (nSPS) is 11.5. The molecule has 1 heterocycles. The molecule has 0 bridgehead atoms. The summed E-state index contributed by atoms with van der Waals surface area (Å²) < 4.78 is 6.05. The molecule has 0 fully saturated rings. The molecule has 3 aromatic rings. The van der Waals surface area contributed by atoms with Gasteiger partial charge in [-0.05, 0) is 56.1 Å². The number of benzene rings is 2. The Morgan fingerprint density at radius 3 is 2.29 bits per heavy atom. The summed E-state index contributed by atoms with van der Waals surface area (Å²) in [7, 11) is 0. The van der Waals surface area contributed by atoms with Crippen molar-refractivity contribution in [3.63, 3.8) is 0 Å². The van der Waals surface area contributed by atoms with Crippen LogP contribution >= 0.6 is 0 Å². The van der Waals surface area contributed by atoms with Crippen molar-refractivity contribution in [2.45, 2.75) is 65.7 Å². The van der Waals surface area contributed by atoms with E-state index in [1.807, 2.05) is 24.3 Å². The van der Waals surface area contributed by atoms with E-state index in [9.17, 15) is 10.1 Å². The monoisotopic (exact) mass is 470 g/mol. The van der Waals surface area contributed by atoms with Gasteiger partial charge in [0.05, 0.1) is 17.2 Å². The third-order valence-electron chi connectivity index (χ3n) is 6.38. The molecule has 1 aromatic heterocycles. The van der Waals surface area contributed by atoms with Crippen molar-refractivity contribution in [3.05, 3.63) is 76.6 Å². The largest absolute Gasteiger partial charge is 0.460 e. The van der Waals surface area contributed by atoms with Gasteiger partial charge in [0, 0.05) is 23.9 Å². The van der Waals surface area contributed by atoms with Crippen LogP contribution in [0.2, 0.25) is 0 Å². The number of ketones is 1. The second-order valence-electron chi connectivity index (χ2n) is 9.19. The number of furan rings is 1. The third kappa shape index (κ3) is 7.16. The summed E-state index contributed by atoms with van der Waals surface area (Å²) in [5.41, 5.74) is 3.51. The molecule has 0 amide bonds. The van der Waals surface area contributed by atoms with Crippen LogP contribution in [0.15, 0.2) is 53.0 Å². The number of carbonyl (C=O) groups is 1. The van der Waals surface area contributed by atoms with Gasteiger partial charge in [-0.3, -0.25) is 9.69 Å². The van der Waals surface area contributed by atoms with E-state index in [1.54, 1.807) is 18.2 Å². The van der Waals surface area contributed by atoms with Crippen molar-refractivity contribution in [2.75, 3.05) is 19.6 Å². The minimum Gasteiger partial charge on any atom is -0.460 e. The number of nitrogens with zero attached hydrogens (tertiary/aromatic N) is 2. The molecule has 0 saturated heterocycles. The summed E-state index contributed by atoms with van der Waals surface area (Å²) >= 11 is 0. The molecule has 0 aliphatic carbocycles. The first-order chi connectivity index (χ1) is 17.1. The number of hydrogen-bond acceptors (Lipinski definition) is 4. The second-order valence-corrected chi connectivity index (χ2v) is 9.19. The summed E-state index contributed by atoms with van der Waals surface area (Å²) in [5.74, 6) is 0.663. The average molecular weight is 471 g/mol. The molecule has 3 rings (SSSR count). The van der Waals surface area contributed by atoms with Gasteiger partial charge >= 0.3 is 0 Å². The smallest absolute Gasteiger partial charge is 0.197 e. The predicted octanol–water partition coefficient (Wildman–Crippen LogP) is 7.79. The van der Waals surface area contributed by atoms with E-state index in [2.05, 4.69) is 43.9 Å². The van der Waals surface area contributed by atoms with Crippen LogP contribution in [0.25, 0.3) is 17.0 Å². The number of unbranched alkanes of at least 4 members (excludes halogenated alkanes) is 3. The lowest BCUT2D eigenvalue weighted by Crippen LogP contribution is -2.26. The van der Waals surface area contributed by atoms with E-state index >= 15 is 0 Å². The molecule has 2 aromatic carbocycles. The fraction of sp³-hybridized carbons (Fsp3) is 0.419. The third-order valence-corrected chi connectivity index (χ3v) is 6.38. The van der Waals surface area contributed by atoms with Gasteiger partial charge in [0.2, 0.25) is 0 Å². The minimum atomic E-state index is -0.0502. The summed E-state index contributed by atoms with van der Waals surface area (Å²) in [4.78, 5) is 16.1. The number of aryl methyl sites for hydroxylation is 1. The SMILES string of the molecule is CCCCc1oc2ccc(C#N)cc2c1C(=O)c1ccc(C=CCN(CCCC)CCCC)cc1. The molecule has 0 atom stereocenters. The van der Waals surface area contributed by atoms with Crippen LogP contribution in [-0.2, 0) is 6.42 Å². The lowest BCUT2D eigenvalue weighted by molar-refractivity contribution is 0.103. The van der Waals surface area contributed by atoms with Gasteiger partial charge in [0.15, 0.2) is 5.78 Å². The highest BCUT2D eigenvalue weighted by Gasteiger charge is 2.22. The van der Waals surface area contributed by atoms with E-state index in [4.69, 9.17) is 4.42 Å². The Morgan fingerprint density at radius 1 is 0.971 bits per heavy atom. The van der Waals surface area contributed by atoms with Crippen molar-refractivity contribution in [1.82, 2.24) is 4.90 Å². The van der Waals surface area contributed by atoms with Gasteiger partial charge in [-0.2, -0.15) is 5.26 Å². The maximum Gasteiger partial charge on any atom is 0.197 e. The fourth-order valence-electron chi connectivity index (χ4n) is 4.27. The molecule has 4 nitrogen and oxygen atoms in total. The number of carbonyl (C=O) groups excluding carboxylic acids is 1. The Morgan fingerprint density at radius 2 is 1.66 bits per heavy atom. The first-order valence-electron chi connectivity index (χ1n) is 13.1. The molecule has 0 saturated carbocycles. The molecule has 0 spiro atoms. The summed E-state index contributed by atoms with van der Waals surface area (Å²) in [6.45, 7) is 9.82. The summed E-state index contributed by atoms with van der Waals surface area (Å²) in [6.07, 6.45) is 11.9. The van der Waals surface area contributed by atoms with Crippen LogP contribution < -0.4 is 0 Å². The van der Waals surface area contributed by atoms with E-state index in [1.165, 1.54) is 25.7 Å². The zero-order chi connectivity index (χ0) is 25.0. The van der Waals surface area contributed by atoms with E-state index in [0.717, 1.165) is 43.4 Å². The zero-order valence-electron chi connectivity index (χ0n) is 21.5. The first-order valence-corrected chi connectivity index (χ1v) is 13.1. The van der Waals surface area contributed by atoms with Crippen LogP contribution in [0.3, 0.4) is 0 Å². The maximum absolute atomic E-state index is 13.6. The van der Waals surface area contributed by atoms with E-state index in [-0.39, 0.29) is 5.78 Å². The Hall–Kier alpha value is -3.16. The molecular formula is C31H38N2O2. The highest BCUT2D eigenvalue weighted by molar-refractivity contribution is 6.17. The number of nitriles is 1. The fourth-order valence-corrected chi connectivity index (χ4v) is 4.27. The Labute approximate surface area is 210 Å². The molecule has 0 radical (unpaired) electrons. The van der Waals surface area contributed by atoms with E-state index < -0.39 is 0 Å². The van der Waals surface area contributed by atoms with Gasteiger partial charge in [-0.1, -0.05) is 76.5 Å². The van der Waals surface area contributed by atoms with Gasteiger partial charge < -0.3 is 4.42 Å². The number of hydrogen-bond donors (Lipinski definition) is 0. The van der Waals surface area contributed by atoms with Gasteiger partial charge in [0.1, 0.15) is 11.3 Å². The van der Waals surface area contributed by atoms with Gasteiger partial charge in [-0.25, -0.2) is 0 Å². The molecule has 35 heavy (non-hydrogen) atoms. The van der Waals surface area contributed by atoms with E-state index in [0.29, 0.717) is 34.5 Å². The van der Waals surface area contributed by atoms with Crippen molar-refractivity contribution in [3.8, 4) is 6.07 Å². The Bertz CT molecular complexity index is 1160. The maximum atomic E-state index is 13.6. The van der Waals surface area contributed by atoms with Crippen molar-refractivity contribution in [2.24, 2.45) is 0 Å². The molecule has 4 heteroatoms. The van der Waals surface area contributed by atoms with Crippen molar-refractivity contribution < 1.29 is 9.21 Å². The predicted molar refractivity (Wildman–Crippen MR) is 145 cm³/mol. The highest BCUT2D eigenvalue weighted by atomic mass is 16.3. The standard InChI is InChI=1S/C31H38N2O2/c1-4-7-12-29-30(27-22-25(23-32)15-18-28(27)35-29)31(34)26-16-13-24(14-17-26)11-10-21-33(19-8-5-2)20-9-6-3/h10-11,13-18,22H,4-9,12,19-21H2,1-3H3. The van der Waals surface area contributed by atoms with Crippen LogP contribution in [0.5, 0.6) is 0 Å². The molecular weight excluding hydrogens is 432 g/mol. The summed E-state index contributed by atoms with van der Waals surface area (Å²) in [6, 6.07) is 15.2. The van der Waals surface area contributed by atoms with Gasteiger partial charge in [0.25, 0.3) is 0 Å². The Kier molecular flexibility index (Phi) is 10.3.